The summed E-state index contributed by atoms with van der Waals surface area (Å²) >= 11 is 0. The number of hydrogen-bond acceptors (Lipinski definition) is 4. The van der Waals surface area contributed by atoms with Crippen LogP contribution in [0.3, 0.4) is 0 Å². The molecule has 0 bridgehead atoms. The smallest absolute Gasteiger partial charge is 0.236 e. The number of rotatable bonds is 2. The minimum absolute atomic E-state index is 0.0674. The van der Waals surface area contributed by atoms with Crippen LogP contribution >= 0.6 is 0 Å². The number of nitrogens with one attached hydrogen (secondary N) is 1. The Kier molecular flexibility index (Phi) is 3.68. The summed E-state index contributed by atoms with van der Waals surface area (Å²) in [6.07, 6.45) is 0. The lowest BCUT2D eigenvalue weighted by Gasteiger charge is -2.22. The molecule has 18 heavy (non-hydrogen) atoms. The van der Waals surface area contributed by atoms with Gasteiger partial charge < -0.3 is 5.32 Å². The van der Waals surface area contributed by atoms with E-state index in [0.717, 1.165) is 0 Å². The van der Waals surface area contributed by atoms with E-state index in [1.165, 1.54) is 11.2 Å². The van der Waals surface area contributed by atoms with Crippen molar-refractivity contribution in [1.29, 1.82) is 0 Å². The number of anilines is 1. The lowest BCUT2D eigenvalue weighted by Crippen LogP contribution is -2.33. The molecule has 6 heteroatoms. The molecule has 1 aromatic rings. The molecule has 98 valence electrons. The molecule has 1 aliphatic heterocycles. The van der Waals surface area contributed by atoms with Gasteiger partial charge in [-0.2, -0.15) is 0 Å². The second-order valence-corrected chi connectivity index (χ2v) is 6.26. The molecule has 0 saturated carbocycles. The number of carbonyl (C=O) groups excluding carboxylic acids is 1. The zero-order valence-electron chi connectivity index (χ0n) is 10.2. The molecule has 5 nitrogen and oxygen atoms in total. The van der Waals surface area contributed by atoms with E-state index >= 15 is 0 Å². The molecule has 2 rings (SSSR count). The van der Waals surface area contributed by atoms with E-state index in [-0.39, 0.29) is 11.5 Å². The number of Topliss-reactive ketones (excluding diaryl/α,β-unsaturated/α-hetero) is 1. The van der Waals surface area contributed by atoms with Gasteiger partial charge in [0.1, 0.15) is 0 Å². The highest BCUT2D eigenvalue weighted by molar-refractivity contribution is 7.92. The van der Waals surface area contributed by atoms with Gasteiger partial charge in [-0.05, 0) is 19.1 Å². The third-order valence-electron chi connectivity index (χ3n) is 2.90. The van der Waals surface area contributed by atoms with Crippen LogP contribution in [0, 0.1) is 0 Å². The van der Waals surface area contributed by atoms with Crippen molar-refractivity contribution in [2.45, 2.75) is 6.92 Å². The van der Waals surface area contributed by atoms with Gasteiger partial charge in [-0.1, -0.05) is 12.1 Å². The fraction of sp³-hybridized carbons (Fsp3) is 0.417. The number of carbonyl (C=O) groups is 1. The van der Waals surface area contributed by atoms with Gasteiger partial charge in [0.25, 0.3) is 0 Å². The Morgan fingerprint density at radius 1 is 1.33 bits per heavy atom. The highest BCUT2D eigenvalue weighted by Gasteiger charge is 2.24. The van der Waals surface area contributed by atoms with Gasteiger partial charge in [0.15, 0.2) is 5.78 Å². The summed E-state index contributed by atoms with van der Waals surface area (Å²) in [5, 5.41) is 3.05. The summed E-state index contributed by atoms with van der Waals surface area (Å²) in [5.74, 6) is 0.0132. The highest BCUT2D eigenvalue weighted by Crippen LogP contribution is 2.20. The fourth-order valence-electron chi connectivity index (χ4n) is 1.93. The first-order valence-corrected chi connectivity index (χ1v) is 7.44. The monoisotopic (exact) mass is 268 g/mol. The maximum absolute atomic E-state index is 12.1. The van der Waals surface area contributed by atoms with Gasteiger partial charge in [0.2, 0.25) is 10.0 Å². The van der Waals surface area contributed by atoms with Crippen molar-refractivity contribution in [3.8, 4) is 0 Å². The molecule has 0 unspecified atom stereocenters. The second-order valence-electron chi connectivity index (χ2n) is 4.24. The largest absolute Gasteiger partial charge is 0.314 e. The predicted octanol–water partition coefficient (Wildman–Crippen LogP) is 0.629. The van der Waals surface area contributed by atoms with Crippen molar-refractivity contribution in [2.24, 2.45) is 0 Å². The molecule has 0 aromatic heterocycles. The molecular weight excluding hydrogens is 252 g/mol. The Hall–Kier alpha value is -1.40. The topological polar surface area (TPSA) is 66.5 Å². The summed E-state index contributed by atoms with van der Waals surface area (Å²) in [6.45, 7) is 2.94. The highest BCUT2D eigenvalue weighted by atomic mass is 32.2. The zero-order valence-corrected chi connectivity index (χ0v) is 11.0. The Labute approximate surface area is 107 Å². The van der Waals surface area contributed by atoms with Crippen molar-refractivity contribution in [3.05, 3.63) is 29.8 Å². The molecule has 0 atom stereocenters. The van der Waals surface area contributed by atoms with Crippen molar-refractivity contribution >= 4 is 21.5 Å². The standard InChI is InChI=1S/C12H16N2O3S/c1-10(15)11-3-2-4-12(9-11)14-7-5-13-6-8-18(14,16)17/h2-4,9,13H,5-8H2,1H3. The van der Waals surface area contributed by atoms with Crippen LogP contribution in [-0.4, -0.2) is 39.6 Å². The molecule has 1 N–H and O–H groups in total. The van der Waals surface area contributed by atoms with Crippen LogP contribution in [0.15, 0.2) is 24.3 Å². The van der Waals surface area contributed by atoms with Crippen molar-refractivity contribution in [3.63, 3.8) is 0 Å². The summed E-state index contributed by atoms with van der Waals surface area (Å²) in [7, 11) is -3.30. The van der Waals surface area contributed by atoms with Crippen LogP contribution < -0.4 is 9.62 Å². The molecule has 0 spiro atoms. The number of hydrogen-bond donors (Lipinski definition) is 1. The minimum atomic E-state index is -3.30. The van der Waals surface area contributed by atoms with Crippen LogP contribution in [0.1, 0.15) is 17.3 Å². The number of sulfonamides is 1. The fourth-order valence-corrected chi connectivity index (χ4v) is 3.35. The van der Waals surface area contributed by atoms with Crippen LogP contribution in [0.4, 0.5) is 5.69 Å². The molecular formula is C12H16N2O3S. The van der Waals surface area contributed by atoms with E-state index in [1.54, 1.807) is 24.3 Å². The Bertz CT molecular complexity index is 554. The van der Waals surface area contributed by atoms with Gasteiger partial charge in [0, 0.05) is 25.2 Å². The van der Waals surface area contributed by atoms with Gasteiger partial charge in [-0.25, -0.2) is 8.42 Å². The van der Waals surface area contributed by atoms with Crippen LogP contribution in [0.5, 0.6) is 0 Å². The first-order valence-electron chi connectivity index (χ1n) is 5.83. The quantitative estimate of drug-likeness (QED) is 0.799. The average molecular weight is 268 g/mol. The van der Waals surface area contributed by atoms with Crippen molar-refractivity contribution in [2.75, 3.05) is 29.7 Å². The maximum Gasteiger partial charge on any atom is 0.236 e. The number of benzene rings is 1. The molecule has 0 aliphatic carbocycles. The average Bonchev–Trinajstić information content (AvgIpc) is 2.50. The van der Waals surface area contributed by atoms with Crippen LogP contribution in [0.25, 0.3) is 0 Å². The van der Waals surface area contributed by atoms with E-state index in [1.807, 2.05) is 0 Å². The molecule has 1 saturated heterocycles. The van der Waals surface area contributed by atoms with Crippen molar-refractivity contribution < 1.29 is 13.2 Å². The summed E-state index contributed by atoms with van der Waals surface area (Å²) in [4.78, 5) is 11.3. The Balaban J connectivity index is 2.40. The molecule has 1 aromatic carbocycles. The number of nitrogens with zero attached hydrogens (tertiary/aromatic N) is 1. The Morgan fingerprint density at radius 2 is 2.11 bits per heavy atom. The minimum Gasteiger partial charge on any atom is -0.314 e. The predicted molar refractivity (Wildman–Crippen MR) is 70.4 cm³/mol. The SMILES string of the molecule is CC(=O)c1cccc(N2CCNCCS2(=O)=O)c1. The molecule has 1 fully saturated rings. The molecule has 0 radical (unpaired) electrons. The van der Waals surface area contributed by atoms with E-state index in [4.69, 9.17) is 0 Å². The summed E-state index contributed by atoms with van der Waals surface area (Å²) < 4.78 is 25.5. The van der Waals surface area contributed by atoms with E-state index in [0.29, 0.717) is 30.9 Å². The van der Waals surface area contributed by atoms with Crippen LogP contribution in [0.2, 0.25) is 0 Å². The summed E-state index contributed by atoms with van der Waals surface area (Å²) in [5.41, 5.74) is 1.09. The van der Waals surface area contributed by atoms with E-state index in [9.17, 15) is 13.2 Å². The lowest BCUT2D eigenvalue weighted by molar-refractivity contribution is 0.101. The Morgan fingerprint density at radius 3 is 2.83 bits per heavy atom. The molecule has 0 amide bonds. The van der Waals surface area contributed by atoms with E-state index in [2.05, 4.69) is 5.32 Å². The van der Waals surface area contributed by atoms with Crippen LogP contribution in [-0.2, 0) is 10.0 Å². The lowest BCUT2D eigenvalue weighted by atomic mass is 10.1. The third-order valence-corrected chi connectivity index (χ3v) is 4.69. The molecule has 1 aliphatic rings. The van der Waals surface area contributed by atoms with Crippen molar-refractivity contribution in [1.82, 2.24) is 5.32 Å². The maximum atomic E-state index is 12.1. The third kappa shape index (κ3) is 2.70. The molecule has 1 heterocycles. The van der Waals surface area contributed by atoms with Gasteiger partial charge in [-0.15, -0.1) is 0 Å². The summed E-state index contributed by atoms with van der Waals surface area (Å²) in [6, 6.07) is 6.74. The first-order chi connectivity index (χ1) is 8.50. The zero-order chi connectivity index (χ0) is 13.2. The number of ketones is 1. The second kappa shape index (κ2) is 5.07. The normalized spacial score (nSPS) is 19.3. The van der Waals surface area contributed by atoms with Gasteiger partial charge in [-0.3, -0.25) is 9.10 Å². The van der Waals surface area contributed by atoms with Gasteiger partial charge >= 0.3 is 0 Å². The first kappa shape index (κ1) is 13.0. The van der Waals surface area contributed by atoms with Gasteiger partial charge in [0.05, 0.1) is 11.4 Å². The van der Waals surface area contributed by atoms with E-state index < -0.39 is 10.0 Å².